The number of benzene rings is 2. The number of hydrogen-bond acceptors (Lipinski definition) is 3. The third-order valence-electron chi connectivity index (χ3n) is 4.58. The number of nitrogens with one attached hydrogen (secondary N) is 3. The Labute approximate surface area is 165 Å². The third kappa shape index (κ3) is 5.89. The molecule has 2 aromatic carbocycles. The highest BCUT2D eigenvalue weighted by Crippen LogP contribution is 2.17. The molecule has 0 aliphatic rings. The summed E-state index contributed by atoms with van der Waals surface area (Å²) in [5.74, 6) is -0.346. The fraction of sp³-hybridized carbons (Fsp3) is 0.286. The Kier molecular flexibility index (Phi) is 7.07. The lowest BCUT2D eigenvalue weighted by atomic mass is 10.0. The fourth-order valence-corrected chi connectivity index (χ4v) is 2.68. The minimum absolute atomic E-state index is 0.0515. The van der Waals surface area contributed by atoms with Crippen LogP contribution < -0.4 is 16.2 Å². The monoisotopic (exact) mass is 383 g/mol. The van der Waals surface area contributed by atoms with Gasteiger partial charge in [0.05, 0.1) is 0 Å². The molecule has 0 saturated heterocycles. The Morgan fingerprint density at radius 2 is 1.63 bits per heavy atom. The second kappa shape index (κ2) is 9.28. The number of carbonyl (C=O) groups excluding carboxylic acids is 2. The summed E-state index contributed by atoms with van der Waals surface area (Å²) in [5.41, 5.74) is 11.1. The van der Waals surface area contributed by atoms with Gasteiger partial charge >= 0.3 is 0 Å². The van der Waals surface area contributed by atoms with Crippen molar-refractivity contribution in [3.63, 3.8) is 0 Å². The van der Waals surface area contributed by atoms with Crippen molar-refractivity contribution in [2.75, 3.05) is 5.32 Å². The molecular weight excluding hydrogens is 358 g/mol. The van der Waals surface area contributed by atoms with Gasteiger partial charge in [-0.3, -0.25) is 20.4 Å². The number of aryl methyl sites for hydroxylation is 3. The van der Waals surface area contributed by atoms with Crippen LogP contribution in [0.15, 0.2) is 36.4 Å². The van der Waals surface area contributed by atoms with Gasteiger partial charge in [-0.1, -0.05) is 24.3 Å². The number of carbonyl (C=O) groups is 2. The Balaban J connectivity index is 1.78. The van der Waals surface area contributed by atoms with Crippen LogP contribution in [0.25, 0.3) is 0 Å². The first-order valence-electron chi connectivity index (χ1n) is 8.80. The molecule has 2 aromatic rings. The number of hydrazine groups is 1. The molecule has 0 radical (unpaired) electrons. The molecule has 0 atom stereocenters. The maximum Gasteiger partial charge on any atom is 0.238 e. The van der Waals surface area contributed by atoms with Crippen molar-refractivity contribution in [1.82, 2.24) is 10.9 Å². The number of amides is 1. The van der Waals surface area contributed by atoms with Crippen molar-refractivity contribution < 1.29 is 9.59 Å². The second-order valence-corrected chi connectivity index (χ2v) is 7.01. The highest BCUT2D eigenvalue weighted by Gasteiger charge is 2.10. The predicted octanol–water partition coefficient (Wildman–Crippen LogP) is 3.90. The first-order chi connectivity index (χ1) is 12.8. The van der Waals surface area contributed by atoms with Gasteiger partial charge in [0.15, 0.2) is 10.9 Å². The number of rotatable bonds is 5. The topological polar surface area (TPSA) is 70.2 Å². The first-order valence-corrected chi connectivity index (χ1v) is 9.21. The average molecular weight is 384 g/mol. The standard InChI is InChI=1S/C21H25N3O2S/c1-13-8-9-17(12-15(13)3)19(25)10-11-20(26)23-24-21(27)22-18-7-5-6-14(2)16(18)4/h5-9,12H,10-11H2,1-4H3,(H,23,26)(H2,22,24,27). The van der Waals surface area contributed by atoms with E-state index < -0.39 is 0 Å². The van der Waals surface area contributed by atoms with Gasteiger partial charge in [-0.25, -0.2) is 0 Å². The zero-order valence-electron chi connectivity index (χ0n) is 16.1. The maximum absolute atomic E-state index is 12.2. The van der Waals surface area contributed by atoms with E-state index in [1.165, 1.54) is 0 Å². The second-order valence-electron chi connectivity index (χ2n) is 6.60. The molecule has 5 nitrogen and oxygen atoms in total. The molecule has 0 aliphatic heterocycles. The summed E-state index contributed by atoms with van der Waals surface area (Å²) < 4.78 is 0. The molecule has 0 aromatic heterocycles. The molecule has 0 spiro atoms. The number of anilines is 1. The summed E-state index contributed by atoms with van der Waals surface area (Å²) in [4.78, 5) is 24.2. The largest absolute Gasteiger partial charge is 0.331 e. The molecule has 2 rings (SSSR count). The Hall–Kier alpha value is -2.73. The zero-order chi connectivity index (χ0) is 20.0. The SMILES string of the molecule is Cc1ccc(C(=O)CCC(=O)NNC(=S)Nc2cccc(C)c2C)cc1C. The van der Waals surface area contributed by atoms with Crippen LogP contribution in [0, 0.1) is 27.7 Å². The third-order valence-corrected chi connectivity index (χ3v) is 4.78. The highest BCUT2D eigenvalue weighted by molar-refractivity contribution is 7.80. The summed E-state index contributed by atoms with van der Waals surface area (Å²) in [6.07, 6.45) is 0.234. The van der Waals surface area contributed by atoms with Crippen LogP contribution in [0.1, 0.15) is 45.5 Å². The van der Waals surface area contributed by atoms with Gasteiger partial charge in [-0.05, 0) is 74.3 Å². The van der Waals surface area contributed by atoms with Crippen molar-refractivity contribution in [2.24, 2.45) is 0 Å². The molecule has 3 N–H and O–H groups in total. The Morgan fingerprint density at radius 3 is 2.33 bits per heavy atom. The van der Waals surface area contributed by atoms with Crippen molar-refractivity contribution in [3.05, 3.63) is 64.2 Å². The van der Waals surface area contributed by atoms with Crippen LogP contribution in [0.3, 0.4) is 0 Å². The molecule has 0 fully saturated rings. The first kappa shape index (κ1) is 20.6. The molecule has 27 heavy (non-hydrogen) atoms. The van der Waals surface area contributed by atoms with Gasteiger partial charge in [0.1, 0.15) is 0 Å². The quantitative estimate of drug-likeness (QED) is 0.415. The normalized spacial score (nSPS) is 10.2. The summed E-state index contributed by atoms with van der Waals surface area (Å²) in [6, 6.07) is 11.4. The summed E-state index contributed by atoms with van der Waals surface area (Å²) in [6.45, 7) is 7.98. The lowest BCUT2D eigenvalue weighted by molar-refractivity contribution is -0.121. The average Bonchev–Trinajstić information content (AvgIpc) is 2.64. The van der Waals surface area contributed by atoms with Crippen LogP contribution in [0.2, 0.25) is 0 Å². The van der Waals surface area contributed by atoms with E-state index in [-0.39, 0.29) is 29.6 Å². The predicted molar refractivity (Wildman–Crippen MR) is 113 cm³/mol. The van der Waals surface area contributed by atoms with Gasteiger partial charge in [0.2, 0.25) is 5.91 Å². The van der Waals surface area contributed by atoms with Gasteiger partial charge in [-0.2, -0.15) is 0 Å². The smallest absolute Gasteiger partial charge is 0.238 e. The molecule has 142 valence electrons. The van der Waals surface area contributed by atoms with Crippen molar-refractivity contribution in [1.29, 1.82) is 0 Å². The Bertz CT molecular complexity index is 878. The minimum Gasteiger partial charge on any atom is -0.331 e. The van der Waals surface area contributed by atoms with E-state index in [9.17, 15) is 9.59 Å². The lowest BCUT2D eigenvalue weighted by Gasteiger charge is -2.14. The fourth-order valence-electron chi connectivity index (χ4n) is 2.52. The number of hydrogen-bond donors (Lipinski definition) is 3. The summed E-state index contributed by atoms with van der Waals surface area (Å²) in [5, 5.41) is 3.34. The molecule has 6 heteroatoms. The van der Waals surface area contributed by atoms with E-state index in [0.717, 1.165) is 27.9 Å². The number of ketones is 1. The van der Waals surface area contributed by atoms with Crippen molar-refractivity contribution in [3.8, 4) is 0 Å². The van der Waals surface area contributed by atoms with E-state index in [0.29, 0.717) is 5.56 Å². The van der Waals surface area contributed by atoms with Crippen LogP contribution in [-0.4, -0.2) is 16.8 Å². The van der Waals surface area contributed by atoms with Gasteiger partial charge in [-0.15, -0.1) is 0 Å². The molecular formula is C21H25N3O2S. The Morgan fingerprint density at radius 1 is 0.889 bits per heavy atom. The zero-order valence-corrected chi connectivity index (χ0v) is 16.9. The number of Topliss-reactive ketones (excluding diaryl/α,β-unsaturated/α-hetero) is 1. The molecule has 0 saturated carbocycles. The molecule has 0 unspecified atom stereocenters. The van der Waals surface area contributed by atoms with E-state index in [4.69, 9.17) is 12.2 Å². The van der Waals surface area contributed by atoms with Crippen LogP contribution >= 0.6 is 12.2 Å². The van der Waals surface area contributed by atoms with Crippen LogP contribution in [0.4, 0.5) is 5.69 Å². The minimum atomic E-state index is -0.294. The maximum atomic E-state index is 12.2. The summed E-state index contributed by atoms with van der Waals surface area (Å²) >= 11 is 5.19. The van der Waals surface area contributed by atoms with Gasteiger partial charge in [0.25, 0.3) is 0 Å². The van der Waals surface area contributed by atoms with E-state index in [2.05, 4.69) is 16.2 Å². The van der Waals surface area contributed by atoms with Crippen LogP contribution in [-0.2, 0) is 4.79 Å². The van der Waals surface area contributed by atoms with Gasteiger partial charge in [0, 0.05) is 24.1 Å². The molecule has 0 bridgehead atoms. The van der Waals surface area contributed by atoms with Crippen molar-refractivity contribution in [2.45, 2.75) is 40.5 Å². The highest BCUT2D eigenvalue weighted by atomic mass is 32.1. The van der Waals surface area contributed by atoms with E-state index >= 15 is 0 Å². The lowest BCUT2D eigenvalue weighted by Crippen LogP contribution is -2.43. The molecule has 0 aliphatic carbocycles. The van der Waals surface area contributed by atoms with E-state index in [1.807, 2.05) is 58.0 Å². The molecule has 1 amide bonds. The molecule has 0 heterocycles. The number of thiocarbonyl (C=S) groups is 1. The van der Waals surface area contributed by atoms with E-state index in [1.54, 1.807) is 6.07 Å². The van der Waals surface area contributed by atoms with Crippen molar-refractivity contribution >= 4 is 34.7 Å². The summed E-state index contributed by atoms with van der Waals surface area (Å²) in [7, 11) is 0. The van der Waals surface area contributed by atoms with Gasteiger partial charge < -0.3 is 5.32 Å². The van der Waals surface area contributed by atoms with Crippen LogP contribution in [0.5, 0.6) is 0 Å².